The van der Waals surface area contributed by atoms with Crippen molar-refractivity contribution in [3.63, 3.8) is 0 Å². The van der Waals surface area contributed by atoms with Crippen molar-refractivity contribution in [2.45, 2.75) is 0 Å². The second kappa shape index (κ2) is 5.26. The average molecular weight is 288 g/mol. The van der Waals surface area contributed by atoms with Crippen LogP contribution in [-0.2, 0) is 7.05 Å². The first-order chi connectivity index (χ1) is 9.70. The van der Waals surface area contributed by atoms with Crippen LogP contribution < -0.4 is 4.74 Å². The normalized spacial score (nSPS) is 10.5. The molecule has 1 aromatic carbocycles. The summed E-state index contributed by atoms with van der Waals surface area (Å²) in [7, 11) is 1.75. The lowest BCUT2D eigenvalue weighted by Crippen LogP contribution is -1.96. The van der Waals surface area contributed by atoms with Crippen LogP contribution in [0.1, 0.15) is 0 Å². The second-order valence-corrected chi connectivity index (χ2v) is 4.41. The molecular weight excluding hydrogens is 278 g/mol. The van der Waals surface area contributed by atoms with E-state index >= 15 is 0 Å². The van der Waals surface area contributed by atoms with Crippen LogP contribution in [0.4, 0.5) is 0 Å². The predicted molar refractivity (Wildman–Crippen MR) is 73.6 cm³/mol. The van der Waals surface area contributed by atoms with Crippen molar-refractivity contribution in [2.24, 2.45) is 7.05 Å². The van der Waals surface area contributed by atoms with E-state index in [1.165, 1.54) is 17.1 Å². The molecule has 7 heteroatoms. The Morgan fingerprint density at radius 1 is 1.15 bits per heavy atom. The number of hydrogen-bond acceptors (Lipinski definition) is 5. The van der Waals surface area contributed by atoms with Gasteiger partial charge in [0, 0.05) is 18.7 Å². The van der Waals surface area contributed by atoms with E-state index in [2.05, 4.69) is 20.1 Å². The molecular formula is C13H10ClN5O. The van der Waals surface area contributed by atoms with Crippen molar-refractivity contribution in [1.29, 1.82) is 0 Å². The van der Waals surface area contributed by atoms with Gasteiger partial charge in [0.1, 0.15) is 11.5 Å². The number of benzene rings is 1. The minimum atomic E-state index is 0.210. The Balaban J connectivity index is 1.94. The van der Waals surface area contributed by atoms with Crippen molar-refractivity contribution in [1.82, 2.24) is 24.7 Å². The third-order valence-electron chi connectivity index (χ3n) is 2.48. The van der Waals surface area contributed by atoms with E-state index in [0.717, 1.165) is 5.56 Å². The van der Waals surface area contributed by atoms with E-state index in [1.54, 1.807) is 7.05 Å². The van der Waals surface area contributed by atoms with Gasteiger partial charge in [0.05, 0.1) is 0 Å². The fourth-order valence-corrected chi connectivity index (χ4v) is 1.80. The van der Waals surface area contributed by atoms with Crippen LogP contribution in [0.3, 0.4) is 0 Å². The molecule has 100 valence electrons. The van der Waals surface area contributed by atoms with Gasteiger partial charge >= 0.3 is 6.01 Å². The maximum absolute atomic E-state index is 5.99. The van der Waals surface area contributed by atoms with E-state index in [4.69, 9.17) is 16.3 Å². The third-order valence-corrected chi connectivity index (χ3v) is 2.67. The molecule has 3 aromatic rings. The first kappa shape index (κ1) is 12.6. The Bertz CT molecular complexity index is 729. The molecule has 0 aliphatic heterocycles. The SMILES string of the molecule is Cn1cnc(Oc2cc(Cl)nc(-c3ccccc3)n2)n1. The predicted octanol–water partition coefficient (Wildman–Crippen LogP) is 2.72. The lowest BCUT2D eigenvalue weighted by Gasteiger charge is -2.04. The summed E-state index contributed by atoms with van der Waals surface area (Å²) in [6.07, 6.45) is 1.54. The second-order valence-electron chi connectivity index (χ2n) is 4.02. The molecule has 0 aliphatic rings. The molecule has 0 fully saturated rings. The standard InChI is InChI=1S/C13H10ClN5O/c1-19-8-15-13(18-19)20-11-7-10(14)16-12(17-11)9-5-3-2-4-6-9/h2-8H,1H3. The highest BCUT2D eigenvalue weighted by molar-refractivity contribution is 6.29. The van der Waals surface area contributed by atoms with Gasteiger partial charge in [-0.15, -0.1) is 5.10 Å². The molecule has 3 rings (SSSR count). The van der Waals surface area contributed by atoms with Gasteiger partial charge in [0.15, 0.2) is 5.82 Å². The van der Waals surface area contributed by atoms with Gasteiger partial charge in [-0.3, -0.25) is 4.68 Å². The fraction of sp³-hybridized carbons (Fsp3) is 0.0769. The highest BCUT2D eigenvalue weighted by Gasteiger charge is 2.09. The maximum atomic E-state index is 5.99. The number of hydrogen-bond donors (Lipinski definition) is 0. The van der Waals surface area contributed by atoms with Crippen LogP contribution in [0.2, 0.25) is 5.15 Å². The maximum Gasteiger partial charge on any atom is 0.342 e. The highest BCUT2D eigenvalue weighted by Crippen LogP contribution is 2.23. The number of aromatic nitrogens is 5. The zero-order chi connectivity index (χ0) is 13.9. The Morgan fingerprint density at radius 2 is 1.95 bits per heavy atom. The zero-order valence-corrected chi connectivity index (χ0v) is 11.3. The van der Waals surface area contributed by atoms with Crippen LogP contribution in [-0.4, -0.2) is 24.7 Å². The number of aryl methyl sites for hydroxylation is 1. The molecule has 0 unspecified atom stereocenters. The molecule has 0 radical (unpaired) electrons. The summed E-state index contributed by atoms with van der Waals surface area (Å²) in [5.74, 6) is 0.791. The van der Waals surface area contributed by atoms with E-state index in [9.17, 15) is 0 Å². The van der Waals surface area contributed by atoms with Crippen LogP contribution in [0.25, 0.3) is 11.4 Å². The summed E-state index contributed by atoms with van der Waals surface area (Å²) >= 11 is 5.99. The van der Waals surface area contributed by atoms with Crippen molar-refractivity contribution in [3.8, 4) is 23.3 Å². The summed E-state index contributed by atoms with van der Waals surface area (Å²) in [5.41, 5.74) is 0.855. The van der Waals surface area contributed by atoms with Gasteiger partial charge in [-0.2, -0.15) is 9.97 Å². The monoisotopic (exact) mass is 287 g/mol. The first-order valence-electron chi connectivity index (χ1n) is 5.84. The van der Waals surface area contributed by atoms with E-state index in [-0.39, 0.29) is 6.01 Å². The van der Waals surface area contributed by atoms with Gasteiger partial charge < -0.3 is 4.74 Å². The van der Waals surface area contributed by atoms with E-state index in [0.29, 0.717) is 16.9 Å². The molecule has 0 spiro atoms. The van der Waals surface area contributed by atoms with E-state index < -0.39 is 0 Å². The Kier molecular flexibility index (Phi) is 3.30. The van der Waals surface area contributed by atoms with Crippen LogP contribution >= 0.6 is 11.6 Å². The molecule has 0 atom stereocenters. The number of nitrogens with zero attached hydrogens (tertiary/aromatic N) is 5. The largest absolute Gasteiger partial charge is 0.404 e. The summed E-state index contributed by atoms with van der Waals surface area (Å²) < 4.78 is 7.00. The van der Waals surface area contributed by atoms with E-state index in [1.807, 2.05) is 30.3 Å². The van der Waals surface area contributed by atoms with Crippen LogP contribution in [0.5, 0.6) is 11.9 Å². The number of halogens is 1. The van der Waals surface area contributed by atoms with Gasteiger partial charge in [-0.1, -0.05) is 41.9 Å². The number of ether oxygens (including phenoxy) is 1. The Labute approximate surface area is 120 Å². The smallest absolute Gasteiger partial charge is 0.342 e. The van der Waals surface area contributed by atoms with Crippen LogP contribution in [0, 0.1) is 0 Å². The average Bonchev–Trinajstić information content (AvgIpc) is 2.84. The van der Waals surface area contributed by atoms with Gasteiger partial charge in [0.25, 0.3) is 0 Å². The zero-order valence-electron chi connectivity index (χ0n) is 10.6. The fourth-order valence-electron chi connectivity index (χ4n) is 1.63. The molecule has 0 N–H and O–H groups in total. The first-order valence-corrected chi connectivity index (χ1v) is 6.22. The molecule has 0 aliphatic carbocycles. The lowest BCUT2D eigenvalue weighted by atomic mass is 10.2. The van der Waals surface area contributed by atoms with Gasteiger partial charge in [-0.25, -0.2) is 4.98 Å². The molecule has 0 amide bonds. The Morgan fingerprint density at radius 3 is 2.65 bits per heavy atom. The topological polar surface area (TPSA) is 65.7 Å². The third kappa shape index (κ3) is 2.75. The lowest BCUT2D eigenvalue weighted by molar-refractivity contribution is 0.422. The minimum absolute atomic E-state index is 0.210. The molecule has 6 nitrogen and oxygen atoms in total. The van der Waals surface area contributed by atoms with Crippen molar-refractivity contribution >= 4 is 11.6 Å². The Hall–Kier alpha value is -2.47. The molecule has 0 bridgehead atoms. The summed E-state index contributed by atoms with van der Waals surface area (Å²) in [6.45, 7) is 0. The summed E-state index contributed by atoms with van der Waals surface area (Å²) in [5, 5.41) is 4.31. The number of rotatable bonds is 3. The molecule has 2 aromatic heterocycles. The molecule has 2 heterocycles. The summed E-state index contributed by atoms with van der Waals surface area (Å²) in [6, 6.07) is 11.2. The van der Waals surface area contributed by atoms with Gasteiger partial charge in [-0.05, 0) is 0 Å². The minimum Gasteiger partial charge on any atom is -0.404 e. The van der Waals surface area contributed by atoms with Gasteiger partial charge in [0.2, 0.25) is 5.88 Å². The quantitative estimate of drug-likeness (QED) is 0.693. The van der Waals surface area contributed by atoms with Crippen molar-refractivity contribution in [2.75, 3.05) is 0 Å². The molecule has 20 heavy (non-hydrogen) atoms. The van der Waals surface area contributed by atoms with Crippen molar-refractivity contribution in [3.05, 3.63) is 47.9 Å². The summed E-state index contributed by atoms with van der Waals surface area (Å²) in [4.78, 5) is 12.4. The van der Waals surface area contributed by atoms with Crippen molar-refractivity contribution < 1.29 is 4.74 Å². The molecule has 0 saturated carbocycles. The molecule has 0 saturated heterocycles. The highest BCUT2D eigenvalue weighted by atomic mass is 35.5. The van der Waals surface area contributed by atoms with Crippen LogP contribution in [0.15, 0.2) is 42.7 Å².